The number of rotatable bonds is 6. The summed E-state index contributed by atoms with van der Waals surface area (Å²) in [5.41, 5.74) is 4.15. The second-order valence-electron chi connectivity index (χ2n) is 7.89. The zero-order valence-electron chi connectivity index (χ0n) is 18.4. The van der Waals surface area contributed by atoms with Crippen molar-refractivity contribution in [3.63, 3.8) is 0 Å². The fourth-order valence-corrected chi connectivity index (χ4v) is 3.80. The number of hydrogen-bond acceptors (Lipinski definition) is 5. The molecule has 1 aromatic heterocycles. The highest BCUT2D eigenvalue weighted by molar-refractivity contribution is 6.31. The Balaban J connectivity index is 1.29. The molecule has 0 spiro atoms. The van der Waals surface area contributed by atoms with E-state index >= 15 is 0 Å². The van der Waals surface area contributed by atoms with Crippen molar-refractivity contribution >= 4 is 23.3 Å². The molecule has 32 heavy (non-hydrogen) atoms. The van der Waals surface area contributed by atoms with Crippen molar-refractivity contribution in [3.05, 3.63) is 70.7 Å². The molecule has 1 aliphatic rings. The molecule has 0 radical (unpaired) electrons. The van der Waals surface area contributed by atoms with Gasteiger partial charge in [0.25, 0.3) is 5.91 Å². The summed E-state index contributed by atoms with van der Waals surface area (Å²) in [6, 6.07) is 17.8. The summed E-state index contributed by atoms with van der Waals surface area (Å²) in [5, 5.41) is 9.51. The molecule has 3 aromatic rings. The summed E-state index contributed by atoms with van der Waals surface area (Å²) < 4.78 is 5.65. The number of piperazine rings is 1. The molecule has 1 fully saturated rings. The van der Waals surface area contributed by atoms with Gasteiger partial charge in [0.1, 0.15) is 5.75 Å². The average molecular weight is 451 g/mol. The van der Waals surface area contributed by atoms with Crippen molar-refractivity contribution in [3.8, 4) is 17.0 Å². The zero-order chi connectivity index (χ0) is 22.5. The van der Waals surface area contributed by atoms with Crippen LogP contribution in [-0.4, -0.2) is 53.8 Å². The van der Waals surface area contributed by atoms with Crippen molar-refractivity contribution < 1.29 is 9.53 Å². The number of hydrogen-bond donors (Lipinski definition) is 0. The first kappa shape index (κ1) is 22.1. The van der Waals surface area contributed by atoms with Crippen LogP contribution in [0, 0.1) is 6.92 Å². The molecule has 1 saturated heterocycles. The lowest BCUT2D eigenvalue weighted by molar-refractivity contribution is -0.133. The Morgan fingerprint density at radius 3 is 2.38 bits per heavy atom. The number of anilines is 1. The molecular formula is C25H27ClN4O2. The van der Waals surface area contributed by atoms with Crippen LogP contribution < -0.4 is 9.64 Å². The molecule has 1 aliphatic heterocycles. The van der Waals surface area contributed by atoms with E-state index in [2.05, 4.69) is 46.3 Å². The van der Waals surface area contributed by atoms with E-state index in [1.807, 2.05) is 30.0 Å². The van der Waals surface area contributed by atoms with Crippen molar-refractivity contribution in [2.45, 2.75) is 20.3 Å². The van der Waals surface area contributed by atoms with Crippen molar-refractivity contribution in [2.75, 3.05) is 37.7 Å². The van der Waals surface area contributed by atoms with E-state index < -0.39 is 0 Å². The molecule has 0 unspecified atom stereocenters. The summed E-state index contributed by atoms with van der Waals surface area (Å²) >= 11 is 6.04. The van der Waals surface area contributed by atoms with Gasteiger partial charge < -0.3 is 14.5 Å². The smallest absolute Gasteiger partial charge is 0.260 e. The van der Waals surface area contributed by atoms with Crippen LogP contribution in [0.3, 0.4) is 0 Å². The van der Waals surface area contributed by atoms with Gasteiger partial charge in [0.15, 0.2) is 12.4 Å². The maximum absolute atomic E-state index is 12.5. The number of carbonyl (C=O) groups excluding carboxylic acids is 1. The van der Waals surface area contributed by atoms with E-state index in [0.29, 0.717) is 37.0 Å². The van der Waals surface area contributed by atoms with Crippen molar-refractivity contribution in [2.24, 2.45) is 0 Å². The highest BCUT2D eigenvalue weighted by atomic mass is 35.5. The number of aromatic nitrogens is 2. The zero-order valence-corrected chi connectivity index (χ0v) is 19.2. The fourth-order valence-electron chi connectivity index (χ4n) is 3.69. The van der Waals surface area contributed by atoms with Gasteiger partial charge in [-0.3, -0.25) is 4.79 Å². The summed E-state index contributed by atoms with van der Waals surface area (Å²) in [6.07, 6.45) is 1.02. The Morgan fingerprint density at radius 2 is 1.75 bits per heavy atom. The van der Waals surface area contributed by atoms with Crippen LogP contribution >= 0.6 is 11.6 Å². The lowest BCUT2D eigenvalue weighted by Gasteiger charge is -2.35. The van der Waals surface area contributed by atoms with Gasteiger partial charge in [0.2, 0.25) is 0 Å². The van der Waals surface area contributed by atoms with Crippen LogP contribution in [-0.2, 0) is 11.2 Å². The first-order valence-corrected chi connectivity index (χ1v) is 11.3. The Bertz CT molecular complexity index is 1060. The number of benzene rings is 2. The minimum atomic E-state index is -0.0192. The third-order valence-corrected chi connectivity index (χ3v) is 6.18. The van der Waals surface area contributed by atoms with Gasteiger partial charge in [0.05, 0.1) is 5.69 Å². The standard InChI is InChI=1S/C25H27ClN4O2/c1-3-19-4-6-20(7-5-19)23-10-11-24(28-27-23)29-12-14-30(15-13-29)25(31)17-32-21-8-9-22(26)18(2)16-21/h4-11,16H,3,12-15,17H2,1-2H3. The van der Waals surface area contributed by atoms with Crippen LogP contribution in [0.5, 0.6) is 5.75 Å². The third-order valence-electron chi connectivity index (χ3n) is 5.76. The predicted molar refractivity (Wildman–Crippen MR) is 127 cm³/mol. The topological polar surface area (TPSA) is 58.6 Å². The van der Waals surface area contributed by atoms with E-state index in [1.165, 1.54) is 5.56 Å². The minimum absolute atomic E-state index is 0.0192. The summed E-state index contributed by atoms with van der Waals surface area (Å²) in [6.45, 7) is 6.76. The Kier molecular flexibility index (Phi) is 6.90. The number of ether oxygens (including phenoxy) is 1. The Morgan fingerprint density at radius 1 is 1.00 bits per heavy atom. The molecule has 2 heterocycles. The minimum Gasteiger partial charge on any atom is -0.484 e. The van der Waals surface area contributed by atoms with Gasteiger partial charge in [-0.05, 0) is 54.8 Å². The lowest BCUT2D eigenvalue weighted by atomic mass is 10.1. The van der Waals surface area contributed by atoms with Gasteiger partial charge in [-0.1, -0.05) is 42.8 Å². The maximum Gasteiger partial charge on any atom is 0.260 e. The number of nitrogens with zero attached hydrogens (tertiary/aromatic N) is 4. The van der Waals surface area contributed by atoms with Crippen molar-refractivity contribution in [1.82, 2.24) is 15.1 Å². The average Bonchev–Trinajstić information content (AvgIpc) is 2.85. The van der Waals surface area contributed by atoms with Crippen LogP contribution in [0.4, 0.5) is 5.82 Å². The second kappa shape index (κ2) is 10.0. The van der Waals surface area contributed by atoms with Gasteiger partial charge >= 0.3 is 0 Å². The van der Waals surface area contributed by atoms with Crippen molar-refractivity contribution in [1.29, 1.82) is 0 Å². The molecule has 6 nitrogen and oxygen atoms in total. The largest absolute Gasteiger partial charge is 0.484 e. The quantitative estimate of drug-likeness (QED) is 0.557. The molecule has 2 aromatic carbocycles. The van der Waals surface area contributed by atoms with E-state index in [9.17, 15) is 4.79 Å². The highest BCUT2D eigenvalue weighted by Gasteiger charge is 2.22. The molecule has 166 valence electrons. The number of carbonyl (C=O) groups is 1. The van der Waals surface area contributed by atoms with Gasteiger partial charge in [-0.15, -0.1) is 10.2 Å². The molecule has 1 amide bonds. The SMILES string of the molecule is CCc1ccc(-c2ccc(N3CCN(C(=O)COc4ccc(Cl)c(C)c4)CC3)nn2)cc1. The first-order chi connectivity index (χ1) is 15.5. The van der Waals surface area contributed by atoms with Crippen LogP contribution in [0.1, 0.15) is 18.1 Å². The second-order valence-corrected chi connectivity index (χ2v) is 8.30. The molecule has 0 bridgehead atoms. The molecule has 0 N–H and O–H groups in total. The molecule has 4 rings (SSSR count). The van der Waals surface area contributed by atoms with Gasteiger partial charge in [0, 0.05) is 36.8 Å². The third kappa shape index (κ3) is 5.19. The number of halogens is 1. The summed E-state index contributed by atoms with van der Waals surface area (Å²) in [7, 11) is 0. The van der Waals surface area contributed by atoms with E-state index in [4.69, 9.17) is 16.3 Å². The predicted octanol–water partition coefficient (Wildman–Crippen LogP) is 4.40. The van der Waals surface area contributed by atoms with Crippen LogP contribution in [0.25, 0.3) is 11.3 Å². The highest BCUT2D eigenvalue weighted by Crippen LogP contribution is 2.22. The molecule has 0 atom stereocenters. The van der Waals surface area contributed by atoms with Gasteiger partial charge in [-0.2, -0.15) is 0 Å². The van der Waals surface area contributed by atoms with E-state index in [1.54, 1.807) is 12.1 Å². The molecule has 7 heteroatoms. The Hall–Kier alpha value is -3.12. The first-order valence-electron chi connectivity index (χ1n) is 10.9. The number of amides is 1. The maximum atomic E-state index is 12.5. The van der Waals surface area contributed by atoms with E-state index in [-0.39, 0.29) is 12.5 Å². The van der Waals surface area contributed by atoms with E-state index in [0.717, 1.165) is 29.1 Å². The monoisotopic (exact) mass is 450 g/mol. The molecular weight excluding hydrogens is 424 g/mol. The molecule has 0 saturated carbocycles. The number of aryl methyl sites for hydroxylation is 2. The van der Waals surface area contributed by atoms with Crippen LogP contribution in [0.15, 0.2) is 54.6 Å². The van der Waals surface area contributed by atoms with Crippen LogP contribution in [0.2, 0.25) is 5.02 Å². The Labute approximate surface area is 193 Å². The summed E-state index contributed by atoms with van der Waals surface area (Å²) in [4.78, 5) is 16.5. The summed E-state index contributed by atoms with van der Waals surface area (Å²) in [5.74, 6) is 1.46. The fraction of sp³-hybridized carbons (Fsp3) is 0.320. The molecule has 0 aliphatic carbocycles. The lowest BCUT2D eigenvalue weighted by Crippen LogP contribution is -2.50. The normalized spacial score (nSPS) is 13.8. The van der Waals surface area contributed by atoms with Gasteiger partial charge in [-0.25, -0.2) is 0 Å².